The lowest BCUT2D eigenvalue weighted by atomic mass is 10.2. The van der Waals surface area contributed by atoms with Gasteiger partial charge in [-0.15, -0.1) is 5.10 Å². The van der Waals surface area contributed by atoms with Crippen molar-refractivity contribution in [1.29, 1.82) is 0 Å². The predicted molar refractivity (Wildman–Crippen MR) is 106 cm³/mol. The molecule has 2 aromatic carbocycles. The molecule has 1 atom stereocenters. The summed E-state index contributed by atoms with van der Waals surface area (Å²) in [5.41, 5.74) is 1.87. The third kappa shape index (κ3) is 4.92. The second-order valence-corrected chi connectivity index (χ2v) is 7.70. The molecule has 26 heavy (non-hydrogen) atoms. The number of rotatable bonds is 7. The van der Waals surface area contributed by atoms with Gasteiger partial charge in [0.1, 0.15) is 0 Å². The van der Waals surface area contributed by atoms with Crippen LogP contribution in [-0.2, 0) is 11.3 Å². The number of aromatic nitrogens is 4. The highest BCUT2D eigenvalue weighted by atomic mass is 79.9. The molecule has 6 nitrogen and oxygen atoms in total. The molecule has 0 aliphatic heterocycles. The number of tetrazole rings is 1. The van der Waals surface area contributed by atoms with Crippen LogP contribution in [0.3, 0.4) is 0 Å². The Balaban J connectivity index is 1.67. The van der Waals surface area contributed by atoms with E-state index in [1.165, 1.54) is 11.8 Å². The van der Waals surface area contributed by atoms with Gasteiger partial charge in [-0.2, -0.15) is 0 Å². The summed E-state index contributed by atoms with van der Waals surface area (Å²) in [7, 11) is 0. The van der Waals surface area contributed by atoms with Gasteiger partial charge in [-0.05, 0) is 46.7 Å². The number of nitrogens with zero attached hydrogens (tertiary/aromatic N) is 4. The number of carbonyl (C=O) groups is 1. The summed E-state index contributed by atoms with van der Waals surface area (Å²) < 4.78 is 2.69. The van der Waals surface area contributed by atoms with Crippen molar-refractivity contribution in [3.63, 3.8) is 0 Å². The first-order valence-corrected chi connectivity index (χ1v) is 9.86. The van der Waals surface area contributed by atoms with E-state index in [2.05, 4.69) is 36.8 Å². The fourth-order valence-electron chi connectivity index (χ4n) is 2.34. The van der Waals surface area contributed by atoms with Gasteiger partial charge in [0.15, 0.2) is 0 Å². The Hall–Kier alpha value is -2.19. The van der Waals surface area contributed by atoms with Gasteiger partial charge in [-0.1, -0.05) is 64.9 Å². The summed E-state index contributed by atoms with van der Waals surface area (Å²) in [6.07, 6.45) is 0.672. The van der Waals surface area contributed by atoms with Crippen LogP contribution in [0.1, 0.15) is 18.9 Å². The molecule has 0 saturated carbocycles. The number of benzene rings is 2. The Morgan fingerprint density at radius 2 is 1.92 bits per heavy atom. The van der Waals surface area contributed by atoms with Gasteiger partial charge in [0.2, 0.25) is 11.1 Å². The van der Waals surface area contributed by atoms with E-state index >= 15 is 0 Å². The van der Waals surface area contributed by atoms with Crippen LogP contribution in [0.15, 0.2) is 64.2 Å². The van der Waals surface area contributed by atoms with Crippen molar-refractivity contribution in [2.75, 3.05) is 5.32 Å². The van der Waals surface area contributed by atoms with Gasteiger partial charge in [0.25, 0.3) is 0 Å². The van der Waals surface area contributed by atoms with Crippen LogP contribution in [0.2, 0.25) is 0 Å². The van der Waals surface area contributed by atoms with Gasteiger partial charge in [0, 0.05) is 10.2 Å². The highest BCUT2D eigenvalue weighted by Gasteiger charge is 2.21. The second kappa shape index (κ2) is 8.95. The van der Waals surface area contributed by atoms with E-state index in [0.29, 0.717) is 18.1 Å². The van der Waals surface area contributed by atoms with Crippen LogP contribution in [0.5, 0.6) is 0 Å². The first-order chi connectivity index (χ1) is 12.7. The maximum Gasteiger partial charge on any atom is 0.237 e. The molecule has 3 rings (SSSR count). The minimum atomic E-state index is -0.279. The molecular formula is C18H18BrN5OS. The van der Waals surface area contributed by atoms with Crippen molar-refractivity contribution in [3.8, 4) is 0 Å². The molecule has 0 aliphatic carbocycles. The van der Waals surface area contributed by atoms with Gasteiger partial charge in [-0.3, -0.25) is 4.79 Å². The molecule has 1 aromatic heterocycles. The number of thioether (sulfide) groups is 1. The molecule has 3 aromatic rings. The number of halogens is 1. The molecule has 0 aliphatic rings. The van der Waals surface area contributed by atoms with Gasteiger partial charge in [0.05, 0.1) is 11.8 Å². The molecule has 1 heterocycles. The lowest BCUT2D eigenvalue weighted by Gasteiger charge is -2.14. The molecule has 0 fully saturated rings. The average molecular weight is 432 g/mol. The fourth-order valence-corrected chi connectivity index (χ4v) is 3.50. The third-order valence-electron chi connectivity index (χ3n) is 3.70. The summed E-state index contributed by atoms with van der Waals surface area (Å²) >= 11 is 4.76. The van der Waals surface area contributed by atoms with E-state index in [-0.39, 0.29) is 11.2 Å². The average Bonchev–Trinajstić information content (AvgIpc) is 3.09. The zero-order chi connectivity index (χ0) is 18.4. The van der Waals surface area contributed by atoms with E-state index in [0.717, 1.165) is 15.7 Å². The van der Waals surface area contributed by atoms with Crippen LogP contribution in [-0.4, -0.2) is 31.4 Å². The van der Waals surface area contributed by atoms with Crippen molar-refractivity contribution < 1.29 is 4.79 Å². The lowest BCUT2D eigenvalue weighted by Crippen LogP contribution is -2.25. The monoisotopic (exact) mass is 431 g/mol. The van der Waals surface area contributed by atoms with Crippen LogP contribution in [0.25, 0.3) is 0 Å². The quantitative estimate of drug-likeness (QED) is 0.572. The predicted octanol–water partition coefficient (Wildman–Crippen LogP) is 3.99. The van der Waals surface area contributed by atoms with Gasteiger partial charge in [-0.25, -0.2) is 4.68 Å². The van der Waals surface area contributed by atoms with Crippen molar-refractivity contribution >= 4 is 39.3 Å². The van der Waals surface area contributed by atoms with Crippen LogP contribution in [0.4, 0.5) is 5.69 Å². The normalized spacial score (nSPS) is 11.9. The zero-order valence-electron chi connectivity index (χ0n) is 14.2. The van der Waals surface area contributed by atoms with Crippen molar-refractivity contribution in [3.05, 3.63) is 64.6 Å². The van der Waals surface area contributed by atoms with E-state index in [1.54, 1.807) is 4.68 Å². The molecule has 0 unspecified atom stereocenters. The largest absolute Gasteiger partial charge is 0.325 e. The molecule has 8 heteroatoms. The Labute approximate surface area is 164 Å². The molecule has 134 valence electrons. The lowest BCUT2D eigenvalue weighted by molar-refractivity contribution is -0.115. The summed E-state index contributed by atoms with van der Waals surface area (Å²) in [5, 5.41) is 15.2. The van der Waals surface area contributed by atoms with E-state index in [4.69, 9.17) is 0 Å². The molecule has 0 saturated heterocycles. The number of amides is 1. The molecular weight excluding hydrogens is 414 g/mol. The van der Waals surface area contributed by atoms with Crippen LogP contribution >= 0.6 is 27.7 Å². The van der Waals surface area contributed by atoms with Crippen LogP contribution < -0.4 is 5.32 Å². The summed E-state index contributed by atoms with van der Waals surface area (Å²) in [5.74, 6) is -0.0610. The van der Waals surface area contributed by atoms with Gasteiger partial charge >= 0.3 is 0 Å². The standard InChI is InChI=1S/C18H18BrN5OS/c1-2-16(17(25)20-15-10-8-14(19)9-11-15)26-18-21-22-23-24(18)12-13-6-4-3-5-7-13/h3-11,16H,2,12H2,1H3,(H,20,25)/t16-/m0/s1. The van der Waals surface area contributed by atoms with E-state index < -0.39 is 0 Å². The van der Waals surface area contributed by atoms with Crippen molar-refractivity contribution in [2.24, 2.45) is 0 Å². The molecule has 0 bridgehead atoms. The topological polar surface area (TPSA) is 72.7 Å². The highest BCUT2D eigenvalue weighted by Crippen LogP contribution is 2.25. The van der Waals surface area contributed by atoms with Crippen LogP contribution in [0, 0.1) is 0 Å². The summed E-state index contributed by atoms with van der Waals surface area (Å²) in [4.78, 5) is 12.6. The Bertz CT molecular complexity index is 854. The Morgan fingerprint density at radius 1 is 1.19 bits per heavy atom. The highest BCUT2D eigenvalue weighted by molar-refractivity contribution is 9.10. The SMILES string of the molecule is CC[C@H](Sc1nnnn1Cc1ccccc1)C(=O)Nc1ccc(Br)cc1. The minimum Gasteiger partial charge on any atom is -0.325 e. The number of hydrogen-bond acceptors (Lipinski definition) is 5. The smallest absolute Gasteiger partial charge is 0.237 e. The fraction of sp³-hybridized carbons (Fsp3) is 0.222. The van der Waals surface area contributed by atoms with Gasteiger partial charge < -0.3 is 5.32 Å². The molecule has 1 N–H and O–H groups in total. The zero-order valence-corrected chi connectivity index (χ0v) is 16.6. The first-order valence-electron chi connectivity index (χ1n) is 8.19. The minimum absolute atomic E-state index is 0.0610. The number of nitrogens with one attached hydrogen (secondary N) is 1. The molecule has 0 spiro atoms. The third-order valence-corrected chi connectivity index (χ3v) is 5.56. The Kier molecular flexibility index (Phi) is 6.40. The first kappa shape index (κ1) is 18.6. The molecule has 0 radical (unpaired) electrons. The maximum atomic E-state index is 12.6. The van der Waals surface area contributed by atoms with Crippen molar-refractivity contribution in [2.45, 2.75) is 30.3 Å². The van der Waals surface area contributed by atoms with E-state index in [9.17, 15) is 4.79 Å². The number of hydrogen-bond donors (Lipinski definition) is 1. The molecule has 1 amide bonds. The summed E-state index contributed by atoms with van der Waals surface area (Å²) in [6.45, 7) is 2.55. The van der Waals surface area contributed by atoms with Crippen molar-refractivity contribution in [1.82, 2.24) is 20.2 Å². The number of carbonyl (C=O) groups excluding carboxylic acids is 1. The number of anilines is 1. The Morgan fingerprint density at radius 3 is 2.62 bits per heavy atom. The second-order valence-electron chi connectivity index (χ2n) is 5.62. The summed E-state index contributed by atoms with van der Waals surface area (Å²) in [6, 6.07) is 17.5. The van der Waals surface area contributed by atoms with E-state index in [1.807, 2.05) is 61.5 Å². The maximum absolute atomic E-state index is 12.6.